The van der Waals surface area contributed by atoms with Gasteiger partial charge in [0.2, 0.25) is 11.7 Å². The van der Waals surface area contributed by atoms with Gasteiger partial charge < -0.3 is 14.8 Å². The highest BCUT2D eigenvalue weighted by atomic mass is 16.6. The number of anilines is 1. The zero-order valence-corrected chi connectivity index (χ0v) is 10.7. The van der Waals surface area contributed by atoms with Crippen LogP contribution in [0.5, 0.6) is 17.8 Å². The van der Waals surface area contributed by atoms with E-state index in [4.69, 9.17) is 9.47 Å². The lowest BCUT2D eigenvalue weighted by Crippen LogP contribution is -2.04. The van der Waals surface area contributed by atoms with Gasteiger partial charge in [-0.25, -0.2) is 0 Å². The molecule has 0 bridgehead atoms. The zero-order chi connectivity index (χ0) is 14.5. The molecule has 0 aliphatic heterocycles. The molecule has 0 saturated carbocycles. The molecule has 0 saturated heterocycles. The van der Waals surface area contributed by atoms with Crippen molar-refractivity contribution in [2.45, 2.75) is 0 Å². The molecular weight excluding hydrogens is 266 g/mol. The standard InChI is InChI=1S/C11H11N5O4/c1-12-9-13-10(19-2)15-11(14-9)20-8-6-4-3-5-7(8)16(17)18/h3-6H,1-2H3,(H,12,13,14,15). The van der Waals surface area contributed by atoms with Crippen LogP contribution in [0.2, 0.25) is 0 Å². The predicted octanol–water partition coefficient (Wildman–Crippen LogP) is 1.62. The summed E-state index contributed by atoms with van der Waals surface area (Å²) in [7, 11) is 3.01. The van der Waals surface area contributed by atoms with E-state index in [2.05, 4.69) is 20.3 Å². The van der Waals surface area contributed by atoms with Crippen LogP contribution in [0, 0.1) is 10.1 Å². The second-order valence-corrected chi connectivity index (χ2v) is 3.51. The molecule has 0 aliphatic carbocycles. The van der Waals surface area contributed by atoms with Crippen molar-refractivity contribution in [2.75, 3.05) is 19.5 Å². The van der Waals surface area contributed by atoms with Gasteiger partial charge in [-0.05, 0) is 6.07 Å². The molecule has 0 fully saturated rings. The van der Waals surface area contributed by atoms with Gasteiger partial charge in [0.25, 0.3) is 0 Å². The minimum Gasteiger partial charge on any atom is -0.467 e. The fraction of sp³-hybridized carbons (Fsp3) is 0.182. The molecule has 2 rings (SSSR count). The number of nitrogens with one attached hydrogen (secondary N) is 1. The average Bonchev–Trinajstić information content (AvgIpc) is 2.47. The van der Waals surface area contributed by atoms with Gasteiger partial charge in [0.15, 0.2) is 0 Å². The van der Waals surface area contributed by atoms with Crippen molar-refractivity contribution in [1.82, 2.24) is 15.0 Å². The van der Waals surface area contributed by atoms with E-state index < -0.39 is 4.92 Å². The van der Waals surface area contributed by atoms with E-state index in [1.54, 1.807) is 13.1 Å². The molecule has 0 unspecified atom stereocenters. The van der Waals surface area contributed by atoms with Crippen LogP contribution >= 0.6 is 0 Å². The molecule has 9 nitrogen and oxygen atoms in total. The van der Waals surface area contributed by atoms with E-state index >= 15 is 0 Å². The van der Waals surface area contributed by atoms with Crippen molar-refractivity contribution in [3.05, 3.63) is 34.4 Å². The minimum atomic E-state index is -0.549. The quantitative estimate of drug-likeness (QED) is 0.648. The Balaban J connectivity index is 2.37. The SMILES string of the molecule is CNc1nc(OC)nc(Oc2ccccc2[N+](=O)[O-])n1. The molecule has 2 aromatic rings. The Labute approximate surface area is 113 Å². The lowest BCUT2D eigenvalue weighted by atomic mass is 10.3. The van der Waals surface area contributed by atoms with E-state index in [1.165, 1.54) is 25.3 Å². The monoisotopic (exact) mass is 277 g/mol. The van der Waals surface area contributed by atoms with Gasteiger partial charge in [-0.2, -0.15) is 9.97 Å². The van der Waals surface area contributed by atoms with Gasteiger partial charge in [0.1, 0.15) is 0 Å². The number of aromatic nitrogens is 3. The maximum absolute atomic E-state index is 10.9. The number of benzene rings is 1. The number of hydrogen-bond acceptors (Lipinski definition) is 8. The Hall–Kier alpha value is -2.97. The number of methoxy groups -OCH3 is 1. The van der Waals surface area contributed by atoms with Gasteiger partial charge in [-0.3, -0.25) is 10.1 Å². The molecule has 104 valence electrons. The smallest absolute Gasteiger partial charge is 0.330 e. The number of nitro groups is 1. The summed E-state index contributed by atoms with van der Waals surface area (Å²) >= 11 is 0. The summed E-state index contributed by atoms with van der Waals surface area (Å²) in [5.41, 5.74) is -0.183. The number of ether oxygens (including phenoxy) is 2. The summed E-state index contributed by atoms with van der Waals surface area (Å²) in [5, 5.41) is 13.6. The number of nitrogens with zero attached hydrogens (tertiary/aromatic N) is 4. The second kappa shape index (κ2) is 5.78. The minimum absolute atomic E-state index is 0.0350. The number of nitro benzene ring substituents is 1. The summed E-state index contributed by atoms with van der Waals surface area (Å²) in [6, 6.07) is 5.87. The molecule has 9 heteroatoms. The molecule has 1 N–H and O–H groups in total. The Morgan fingerprint density at radius 2 is 1.90 bits per heavy atom. The fourth-order valence-corrected chi connectivity index (χ4v) is 1.38. The lowest BCUT2D eigenvalue weighted by molar-refractivity contribution is -0.385. The normalized spacial score (nSPS) is 9.90. The van der Waals surface area contributed by atoms with Crippen LogP contribution in [0.3, 0.4) is 0 Å². The van der Waals surface area contributed by atoms with Gasteiger partial charge >= 0.3 is 17.7 Å². The van der Waals surface area contributed by atoms with Crippen LogP contribution in [-0.2, 0) is 0 Å². The Kier molecular flexibility index (Phi) is 3.89. The Morgan fingerprint density at radius 3 is 2.55 bits per heavy atom. The summed E-state index contributed by atoms with van der Waals surface area (Å²) in [6.45, 7) is 0. The highest BCUT2D eigenvalue weighted by molar-refractivity contribution is 5.47. The van der Waals surface area contributed by atoms with Crippen LogP contribution in [0.15, 0.2) is 24.3 Å². The molecule has 1 aromatic heterocycles. The van der Waals surface area contributed by atoms with Crippen LogP contribution in [0.1, 0.15) is 0 Å². The summed E-state index contributed by atoms with van der Waals surface area (Å²) in [6.07, 6.45) is 0. The van der Waals surface area contributed by atoms with Crippen molar-refractivity contribution in [2.24, 2.45) is 0 Å². The molecule has 1 aromatic carbocycles. The topological polar surface area (TPSA) is 112 Å². The first kappa shape index (κ1) is 13.5. The molecule has 0 spiro atoms. The van der Waals surface area contributed by atoms with E-state index in [1.807, 2.05) is 0 Å². The van der Waals surface area contributed by atoms with Gasteiger partial charge in [-0.1, -0.05) is 12.1 Å². The largest absolute Gasteiger partial charge is 0.467 e. The molecule has 0 atom stereocenters. The zero-order valence-electron chi connectivity index (χ0n) is 10.7. The summed E-state index contributed by atoms with van der Waals surface area (Å²) in [4.78, 5) is 22.0. The molecule has 20 heavy (non-hydrogen) atoms. The second-order valence-electron chi connectivity index (χ2n) is 3.51. The van der Waals surface area contributed by atoms with Crippen LogP contribution in [-0.4, -0.2) is 34.0 Å². The van der Waals surface area contributed by atoms with E-state index in [9.17, 15) is 10.1 Å². The first-order valence-electron chi connectivity index (χ1n) is 5.53. The first-order valence-corrected chi connectivity index (χ1v) is 5.53. The summed E-state index contributed by atoms with van der Waals surface area (Å²) < 4.78 is 10.2. The maximum Gasteiger partial charge on any atom is 0.330 e. The number of hydrogen-bond donors (Lipinski definition) is 1. The highest BCUT2D eigenvalue weighted by Gasteiger charge is 2.16. The number of rotatable bonds is 5. The molecule has 0 radical (unpaired) electrons. The maximum atomic E-state index is 10.9. The van der Waals surface area contributed by atoms with Crippen molar-refractivity contribution in [3.63, 3.8) is 0 Å². The van der Waals surface area contributed by atoms with Crippen molar-refractivity contribution in [3.8, 4) is 17.8 Å². The predicted molar refractivity (Wildman–Crippen MR) is 69.1 cm³/mol. The van der Waals surface area contributed by atoms with Gasteiger partial charge in [0.05, 0.1) is 12.0 Å². The van der Waals surface area contributed by atoms with Crippen LogP contribution < -0.4 is 14.8 Å². The van der Waals surface area contributed by atoms with Crippen LogP contribution in [0.4, 0.5) is 11.6 Å². The van der Waals surface area contributed by atoms with Crippen molar-refractivity contribution in [1.29, 1.82) is 0 Å². The highest BCUT2D eigenvalue weighted by Crippen LogP contribution is 2.29. The van der Waals surface area contributed by atoms with Crippen molar-refractivity contribution < 1.29 is 14.4 Å². The lowest BCUT2D eigenvalue weighted by Gasteiger charge is -2.07. The molecular formula is C11H11N5O4. The van der Waals surface area contributed by atoms with E-state index in [0.29, 0.717) is 0 Å². The summed E-state index contributed by atoms with van der Waals surface area (Å²) in [5.74, 6) is 0.262. The van der Waals surface area contributed by atoms with Gasteiger partial charge in [-0.15, -0.1) is 4.98 Å². The first-order chi connectivity index (χ1) is 9.63. The van der Waals surface area contributed by atoms with Gasteiger partial charge in [0, 0.05) is 13.1 Å². The van der Waals surface area contributed by atoms with Crippen molar-refractivity contribution >= 4 is 11.6 Å². The third kappa shape index (κ3) is 2.88. The number of para-hydroxylation sites is 2. The molecule has 0 aliphatic rings. The average molecular weight is 277 g/mol. The Morgan fingerprint density at radius 1 is 1.20 bits per heavy atom. The van der Waals surface area contributed by atoms with E-state index in [-0.39, 0.29) is 29.4 Å². The Bertz CT molecular complexity index is 612. The molecule has 1 heterocycles. The van der Waals surface area contributed by atoms with Crippen LogP contribution in [0.25, 0.3) is 0 Å². The van der Waals surface area contributed by atoms with E-state index in [0.717, 1.165) is 0 Å². The molecule has 0 amide bonds. The fourth-order valence-electron chi connectivity index (χ4n) is 1.38. The third-order valence-electron chi connectivity index (χ3n) is 2.26. The third-order valence-corrected chi connectivity index (χ3v) is 2.26.